The molecule has 0 spiro atoms. The lowest BCUT2D eigenvalue weighted by molar-refractivity contribution is -0.281. The van der Waals surface area contributed by atoms with E-state index in [-0.39, 0.29) is 65.0 Å². The normalized spacial score (nSPS) is 20.0. The van der Waals surface area contributed by atoms with Crippen molar-refractivity contribution >= 4 is 28.5 Å². The Morgan fingerprint density at radius 1 is 1.15 bits per heavy atom. The zero-order valence-electron chi connectivity index (χ0n) is 24.9. The number of aromatic amines is 2. The number of para-hydroxylation sites is 1. The molecule has 0 bridgehead atoms. The van der Waals surface area contributed by atoms with Crippen LogP contribution in [0.4, 0.5) is 18.9 Å². The van der Waals surface area contributed by atoms with E-state index in [0.717, 1.165) is 13.1 Å². The molecular formula is C31H29F3N6O7. The summed E-state index contributed by atoms with van der Waals surface area (Å²) in [5, 5.41) is 13.6. The van der Waals surface area contributed by atoms with E-state index in [0.29, 0.717) is 29.6 Å². The zero-order valence-corrected chi connectivity index (χ0v) is 24.9. The van der Waals surface area contributed by atoms with Crippen molar-refractivity contribution < 1.29 is 42.1 Å². The second-order valence-electron chi connectivity index (χ2n) is 11.6. The highest BCUT2D eigenvalue weighted by atomic mass is 19.3. The molecular weight excluding hydrogens is 625 g/mol. The molecule has 5 heterocycles. The van der Waals surface area contributed by atoms with Crippen LogP contribution < -0.4 is 25.1 Å². The van der Waals surface area contributed by atoms with Gasteiger partial charge >= 0.3 is 12.5 Å². The number of H-pyrrole nitrogens is 2. The van der Waals surface area contributed by atoms with E-state index < -0.39 is 29.9 Å². The SMILES string of the molecule is CN1CCC(N2C(=O)c3cc4nc(-c5c(NCC(O)COc6cccc7c6OC(F)C(F)(F)O7)cc[nH]c5=O)[nH]c4cc3C2=O)CC1. The standard InChI is InChI=1S/C31H29F3N6O7/c1-39-9-6-15(7-10-39)40-28(43)17-11-20-21(12-18(17)29(40)44)38-26(37-20)24-19(5-8-35-27(24)42)36-13-16(41)14-45-22-3-2-4-23-25(22)46-30(32)31(33,34)47-23/h2-5,8,11-12,15-16,30,41H,6-7,9-10,13-14H2,1H3,(H,37,38)(H2,35,36,42). The molecule has 4 N–H and O–H groups in total. The molecule has 1 fully saturated rings. The van der Waals surface area contributed by atoms with Crippen LogP contribution in [-0.2, 0) is 0 Å². The van der Waals surface area contributed by atoms with Gasteiger partial charge < -0.3 is 39.5 Å². The Morgan fingerprint density at radius 3 is 2.66 bits per heavy atom. The molecule has 7 rings (SSSR count). The van der Waals surface area contributed by atoms with Crippen LogP contribution in [0, 0.1) is 0 Å². The summed E-state index contributed by atoms with van der Waals surface area (Å²) in [4.78, 5) is 53.3. The first-order valence-corrected chi connectivity index (χ1v) is 14.9. The first-order chi connectivity index (χ1) is 22.5. The second-order valence-corrected chi connectivity index (χ2v) is 11.6. The maximum Gasteiger partial charge on any atom is 0.468 e. The van der Waals surface area contributed by atoms with E-state index >= 15 is 0 Å². The molecule has 2 atom stereocenters. The Bertz CT molecular complexity index is 1890. The molecule has 47 heavy (non-hydrogen) atoms. The molecule has 2 aromatic carbocycles. The van der Waals surface area contributed by atoms with Crippen LogP contribution in [0.2, 0.25) is 0 Å². The number of aliphatic hydroxyl groups is 1. The molecule has 4 aromatic rings. The summed E-state index contributed by atoms with van der Waals surface area (Å²) in [6, 6.07) is 8.37. The van der Waals surface area contributed by atoms with Gasteiger partial charge in [0.1, 0.15) is 24.1 Å². The summed E-state index contributed by atoms with van der Waals surface area (Å²) in [5.74, 6) is -1.45. The minimum Gasteiger partial charge on any atom is -0.487 e. The van der Waals surface area contributed by atoms with Gasteiger partial charge in [0.25, 0.3) is 17.4 Å². The third-order valence-corrected chi connectivity index (χ3v) is 8.40. The largest absolute Gasteiger partial charge is 0.487 e. The van der Waals surface area contributed by atoms with Crippen LogP contribution >= 0.6 is 0 Å². The number of halogens is 3. The number of hydrogen-bond acceptors (Lipinski definition) is 10. The van der Waals surface area contributed by atoms with Gasteiger partial charge in [0.2, 0.25) is 5.75 Å². The first-order valence-electron chi connectivity index (χ1n) is 14.9. The molecule has 2 unspecified atom stereocenters. The minimum atomic E-state index is -4.16. The van der Waals surface area contributed by atoms with Gasteiger partial charge in [0.05, 0.1) is 27.8 Å². The molecule has 3 aliphatic rings. The molecule has 2 aromatic heterocycles. The number of imide groups is 1. The number of fused-ring (bicyclic) bond motifs is 3. The van der Waals surface area contributed by atoms with E-state index in [9.17, 15) is 32.7 Å². The number of ether oxygens (including phenoxy) is 3. The number of nitrogens with zero attached hydrogens (tertiary/aromatic N) is 3. The van der Waals surface area contributed by atoms with Crippen LogP contribution in [0.25, 0.3) is 22.4 Å². The number of hydrogen-bond donors (Lipinski definition) is 4. The topological polar surface area (TPSA) is 162 Å². The van der Waals surface area contributed by atoms with Gasteiger partial charge in [-0.05, 0) is 63.3 Å². The Labute approximate surface area is 264 Å². The van der Waals surface area contributed by atoms with Crippen molar-refractivity contribution in [2.45, 2.75) is 37.5 Å². The van der Waals surface area contributed by atoms with Crippen molar-refractivity contribution in [3.8, 4) is 28.6 Å². The number of carbonyl (C=O) groups excluding carboxylic acids is 2. The van der Waals surface area contributed by atoms with Gasteiger partial charge in [-0.3, -0.25) is 19.3 Å². The number of carbonyl (C=O) groups is 2. The Balaban J connectivity index is 1.06. The molecule has 3 aliphatic heterocycles. The fourth-order valence-electron chi connectivity index (χ4n) is 5.97. The van der Waals surface area contributed by atoms with Gasteiger partial charge in [-0.2, -0.15) is 13.2 Å². The number of amides is 2. The third kappa shape index (κ3) is 5.52. The number of likely N-dealkylation sites (tertiary alicyclic amines) is 1. The molecule has 0 aliphatic carbocycles. The zero-order chi connectivity index (χ0) is 33.0. The quantitative estimate of drug-likeness (QED) is 0.208. The maximum absolute atomic E-state index is 13.7. The summed E-state index contributed by atoms with van der Waals surface area (Å²) in [6.07, 6.45) is -5.58. The molecule has 16 heteroatoms. The number of alkyl halides is 3. The van der Waals surface area contributed by atoms with E-state index in [2.05, 4.69) is 34.6 Å². The lowest BCUT2D eigenvalue weighted by Gasteiger charge is -2.33. The number of piperidine rings is 1. The van der Waals surface area contributed by atoms with Crippen molar-refractivity contribution in [2.24, 2.45) is 0 Å². The highest BCUT2D eigenvalue weighted by Gasteiger charge is 2.50. The van der Waals surface area contributed by atoms with E-state index in [4.69, 9.17) is 4.74 Å². The summed E-state index contributed by atoms with van der Waals surface area (Å²) in [5.41, 5.74) is 1.29. The lowest BCUT2D eigenvalue weighted by atomic mass is 10.0. The van der Waals surface area contributed by atoms with Gasteiger partial charge in [-0.15, -0.1) is 0 Å². The monoisotopic (exact) mass is 654 g/mol. The number of nitrogens with one attached hydrogen (secondary N) is 3. The number of aromatic nitrogens is 3. The fraction of sp³-hybridized carbons (Fsp3) is 0.355. The van der Waals surface area contributed by atoms with Crippen molar-refractivity contribution in [1.82, 2.24) is 24.8 Å². The number of pyridine rings is 1. The number of imidazole rings is 1. The number of rotatable bonds is 8. The average Bonchev–Trinajstić information content (AvgIpc) is 3.56. The average molecular weight is 655 g/mol. The summed E-state index contributed by atoms with van der Waals surface area (Å²) in [6.45, 7) is 1.10. The number of aliphatic hydroxyl groups excluding tert-OH is 1. The van der Waals surface area contributed by atoms with Crippen molar-refractivity contribution in [3.05, 3.63) is 64.1 Å². The van der Waals surface area contributed by atoms with Crippen LogP contribution in [0.1, 0.15) is 33.6 Å². The maximum atomic E-state index is 13.7. The Kier molecular flexibility index (Phi) is 7.55. The smallest absolute Gasteiger partial charge is 0.468 e. The molecule has 2 amide bonds. The number of benzene rings is 2. The van der Waals surface area contributed by atoms with Gasteiger partial charge in [0.15, 0.2) is 11.5 Å². The summed E-state index contributed by atoms with van der Waals surface area (Å²) >= 11 is 0. The van der Waals surface area contributed by atoms with E-state index in [1.165, 1.54) is 29.3 Å². The van der Waals surface area contributed by atoms with Gasteiger partial charge in [-0.25, -0.2) is 4.98 Å². The van der Waals surface area contributed by atoms with E-state index in [1.807, 2.05) is 7.05 Å². The number of anilines is 1. The fourth-order valence-corrected chi connectivity index (χ4v) is 5.97. The van der Waals surface area contributed by atoms with Crippen LogP contribution in [0.3, 0.4) is 0 Å². The predicted molar refractivity (Wildman–Crippen MR) is 161 cm³/mol. The van der Waals surface area contributed by atoms with Crippen molar-refractivity contribution in [3.63, 3.8) is 0 Å². The first kappa shape index (κ1) is 30.6. The van der Waals surface area contributed by atoms with Crippen LogP contribution in [-0.4, -0.2) is 99.6 Å². The van der Waals surface area contributed by atoms with Gasteiger partial charge in [-0.1, -0.05) is 6.07 Å². The minimum absolute atomic E-state index is 0.111. The lowest BCUT2D eigenvalue weighted by Crippen LogP contribution is -2.46. The molecule has 0 radical (unpaired) electrons. The van der Waals surface area contributed by atoms with Crippen LogP contribution in [0.15, 0.2) is 47.4 Å². The summed E-state index contributed by atoms with van der Waals surface area (Å²) < 4.78 is 55.3. The van der Waals surface area contributed by atoms with Crippen LogP contribution in [0.5, 0.6) is 17.2 Å². The van der Waals surface area contributed by atoms with Crippen molar-refractivity contribution in [2.75, 3.05) is 38.6 Å². The molecule has 13 nitrogen and oxygen atoms in total. The second kappa shape index (κ2) is 11.6. The van der Waals surface area contributed by atoms with Gasteiger partial charge in [0, 0.05) is 18.8 Å². The summed E-state index contributed by atoms with van der Waals surface area (Å²) in [7, 11) is 2.00. The highest BCUT2D eigenvalue weighted by molar-refractivity contribution is 6.23. The third-order valence-electron chi connectivity index (χ3n) is 8.40. The van der Waals surface area contributed by atoms with Crippen molar-refractivity contribution in [1.29, 1.82) is 0 Å². The van der Waals surface area contributed by atoms with E-state index in [1.54, 1.807) is 18.2 Å². The molecule has 0 saturated carbocycles. The molecule has 246 valence electrons. The Hall–Kier alpha value is -5.09. The Morgan fingerprint density at radius 2 is 1.89 bits per heavy atom. The molecule has 1 saturated heterocycles. The highest BCUT2D eigenvalue weighted by Crippen LogP contribution is 2.46. The predicted octanol–water partition coefficient (Wildman–Crippen LogP) is 3.12.